The van der Waals surface area contributed by atoms with E-state index in [-0.39, 0.29) is 22.4 Å². The van der Waals surface area contributed by atoms with Gasteiger partial charge in [0.1, 0.15) is 5.56 Å². The van der Waals surface area contributed by atoms with Crippen molar-refractivity contribution in [3.63, 3.8) is 0 Å². The van der Waals surface area contributed by atoms with Gasteiger partial charge in [-0.05, 0) is 39.8 Å². The molecule has 0 atom stereocenters. The quantitative estimate of drug-likeness (QED) is 0.913. The highest BCUT2D eigenvalue weighted by molar-refractivity contribution is 5.97. The standard InChI is InChI=1S/C16H20N2O2/c1-5-18-10-12(15(20)17-16(2,3)4)14(19)11-8-6-7-9-13(11)18/h6-10H,5H2,1-4H3,(H,17,20). The Hall–Kier alpha value is -2.10. The lowest BCUT2D eigenvalue weighted by atomic mass is 10.1. The van der Waals surface area contributed by atoms with Crippen LogP contribution in [0.15, 0.2) is 35.3 Å². The number of fused-ring (bicyclic) bond motifs is 1. The number of pyridine rings is 1. The molecule has 0 fully saturated rings. The van der Waals surface area contributed by atoms with Crippen LogP contribution in [0.3, 0.4) is 0 Å². The topological polar surface area (TPSA) is 51.1 Å². The van der Waals surface area contributed by atoms with E-state index in [1.807, 2.05) is 50.5 Å². The summed E-state index contributed by atoms with van der Waals surface area (Å²) >= 11 is 0. The molecule has 106 valence electrons. The average Bonchev–Trinajstić information content (AvgIpc) is 2.37. The molecule has 2 rings (SSSR count). The van der Waals surface area contributed by atoms with Crippen molar-refractivity contribution in [2.24, 2.45) is 0 Å². The van der Waals surface area contributed by atoms with Crippen molar-refractivity contribution >= 4 is 16.8 Å². The zero-order valence-corrected chi connectivity index (χ0v) is 12.4. The molecular formula is C16H20N2O2. The van der Waals surface area contributed by atoms with Crippen LogP contribution in [-0.2, 0) is 6.54 Å². The molecule has 0 saturated carbocycles. The highest BCUT2D eigenvalue weighted by Crippen LogP contribution is 2.12. The van der Waals surface area contributed by atoms with Crippen LogP contribution in [0.25, 0.3) is 10.9 Å². The maximum absolute atomic E-state index is 12.4. The Bertz CT molecular complexity index is 708. The first kappa shape index (κ1) is 14.3. The maximum atomic E-state index is 12.4. The van der Waals surface area contributed by atoms with E-state index in [9.17, 15) is 9.59 Å². The van der Waals surface area contributed by atoms with E-state index in [0.717, 1.165) is 5.52 Å². The molecule has 20 heavy (non-hydrogen) atoms. The summed E-state index contributed by atoms with van der Waals surface area (Å²) in [6.45, 7) is 8.37. The number of amides is 1. The SMILES string of the molecule is CCn1cc(C(=O)NC(C)(C)C)c(=O)c2ccccc21. The predicted molar refractivity (Wildman–Crippen MR) is 81.1 cm³/mol. The second kappa shape index (κ2) is 5.12. The van der Waals surface area contributed by atoms with Crippen LogP contribution in [0.5, 0.6) is 0 Å². The second-order valence-corrected chi connectivity index (χ2v) is 5.88. The van der Waals surface area contributed by atoms with Gasteiger partial charge in [0.15, 0.2) is 0 Å². The Kier molecular flexibility index (Phi) is 3.66. The lowest BCUT2D eigenvalue weighted by Gasteiger charge is -2.21. The minimum Gasteiger partial charge on any atom is -0.347 e. The monoisotopic (exact) mass is 272 g/mol. The van der Waals surface area contributed by atoms with E-state index in [0.29, 0.717) is 11.9 Å². The van der Waals surface area contributed by atoms with Crippen LogP contribution < -0.4 is 10.7 Å². The second-order valence-electron chi connectivity index (χ2n) is 5.88. The molecule has 1 aromatic heterocycles. The molecule has 1 amide bonds. The van der Waals surface area contributed by atoms with E-state index in [1.54, 1.807) is 12.3 Å². The molecule has 0 aliphatic rings. The Morgan fingerprint density at radius 1 is 1.25 bits per heavy atom. The first-order chi connectivity index (χ1) is 9.33. The van der Waals surface area contributed by atoms with Gasteiger partial charge in [0.25, 0.3) is 5.91 Å². The molecular weight excluding hydrogens is 252 g/mol. The van der Waals surface area contributed by atoms with Gasteiger partial charge in [0, 0.05) is 23.7 Å². The molecule has 4 nitrogen and oxygen atoms in total. The van der Waals surface area contributed by atoms with Crippen molar-refractivity contribution in [3.8, 4) is 0 Å². The Balaban J connectivity index is 2.63. The fourth-order valence-corrected chi connectivity index (χ4v) is 2.18. The van der Waals surface area contributed by atoms with Crippen molar-refractivity contribution in [3.05, 3.63) is 46.2 Å². The van der Waals surface area contributed by atoms with Gasteiger partial charge >= 0.3 is 0 Å². The van der Waals surface area contributed by atoms with Crippen molar-refractivity contribution < 1.29 is 4.79 Å². The number of carbonyl (C=O) groups is 1. The molecule has 0 spiro atoms. The highest BCUT2D eigenvalue weighted by Gasteiger charge is 2.19. The van der Waals surface area contributed by atoms with Crippen molar-refractivity contribution in [1.82, 2.24) is 9.88 Å². The average molecular weight is 272 g/mol. The molecule has 0 aliphatic carbocycles. The summed E-state index contributed by atoms with van der Waals surface area (Å²) in [6.07, 6.45) is 1.64. The van der Waals surface area contributed by atoms with E-state index in [4.69, 9.17) is 0 Å². The number of carbonyl (C=O) groups excluding carboxylic acids is 1. The molecule has 1 aromatic carbocycles. The lowest BCUT2D eigenvalue weighted by molar-refractivity contribution is 0.0918. The number of aryl methyl sites for hydroxylation is 1. The van der Waals surface area contributed by atoms with Gasteiger partial charge in [-0.25, -0.2) is 0 Å². The van der Waals surface area contributed by atoms with Crippen LogP contribution in [-0.4, -0.2) is 16.0 Å². The summed E-state index contributed by atoms with van der Waals surface area (Å²) in [5.74, 6) is -0.324. The number of hydrogen-bond acceptors (Lipinski definition) is 2. The first-order valence-electron chi connectivity index (χ1n) is 6.78. The predicted octanol–water partition coefficient (Wildman–Crippen LogP) is 2.55. The number of nitrogens with zero attached hydrogens (tertiary/aromatic N) is 1. The van der Waals surface area contributed by atoms with Crippen LogP contribution >= 0.6 is 0 Å². The zero-order chi connectivity index (χ0) is 14.9. The molecule has 1 N–H and O–H groups in total. The van der Waals surface area contributed by atoms with Crippen molar-refractivity contribution in [2.75, 3.05) is 0 Å². The third kappa shape index (κ3) is 2.74. The third-order valence-electron chi connectivity index (χ3n) is 3.06. The number of para-hydroxylation sites is 1. The maximum Gasteiger partial charge on any atom is 0.257 e. The Morgan fingerprint density at radius 3 is 2.50 bits per heavy atom. The summed E-state index contributed by atoms with van der Waals surface area (Å²) < 4.78 is 1.92. The molecule has 0 bridgehead atoms. The molecule has 2 aromatic rings. The van der Waals surface area contributed by atoms with E-state index in [1.165, 1.54) is 0 Å². The first-order valence-corrected chi connectivity index (χ1v) is 6.78. The largest absolute Gasteiger partial charge is 0.347 e. The number of nitrogens with one attached hydrogen (secondary N) is 1. The number of benzene rings is 1. The summed E-state index contributed by atoms with van der Waals surface area (Å²) in [5.41, 5.74) is 0.464. The molecule has 4 heteroatoms. The van der Waals surface area contributed by atoms with E-state index >= 15 is 0 Å². The van der Waals surface area contributed by atoms with Gasteiger partial charge in [-0.2, -0.15) is 0 Å². The fraction of sp³-hybridized carbons (Fsp3) is 0.375. The van der Waals surface area contributed by atoms with Gasteiger partial charge in [-0.1, -0.05) is 12.1 Å². The van der Waals surface area contributed by atoms with E-state index < -0.39 is 0 Å². The summed E-state index contributed by atoms with van der Waals surface area (Å²) in [7, 11) is 0. The fourth-order valence-electron chi connectivity index (χ4n) is 2.18. The minimum absolute atomic E-state index is 0.195. The number of hydrogen-bond donors (Lipinski definition) is 1. The number of aromatic nitrogens is 1. The third-order valence-corrected chi connectivity index (χ3v) is 3.06. The van der Waals surface area contributed by atoms with Crippen molar-refractivity contribution in [2.45, 2.75) is 39.8 Å². The normalized spacial score (nSPS) is 11.6. The van der Waals surface area contributed by atoms with Gasteiger partial charge in [-0.3, -0.25) is 9.59 Å². The molecule has 0 radical (unpaired) electrons. The summed E-state index contributed by atoms with van der Waals surface area (Å²) in [4.78, 5) is 24.7. The van der Waals surface area contributed by atoms with Crippen LogP contribution in [0, 0.1) is 0 Å². The van der Waals surface area contributed by atoms with Crippen molar-refractivity contribution in [1.29, 1.82) is 0 Å². The van der Waals surface area contributed by atoms with Gasteiger partial charge in [0.2, 0.25) is 5.43 Å². The summed E-state index contributed by atoms with van der Waals surface area (Å²) in [6, 6.07) is 7.36. The van der Waals surface area contributed by atoms with E-state index in [2.05, 4.69) is 5.32 Å². The lowest BCUT2D eigenvalue weighted by Crippen LogP contribution is -2.42. The highest BCUT2D eigenvalue weighted by atomic mass is 16.2. The number of rotatable bonds is 2. The van der Waals surface area contributed by atoms with Gasteiger partial charge in [-0.15, -0.1) is 0 Å². The van der Waals surface area contributed by atoms with Gasteiger partial charge < -0.3 is 9.88 Å². The Labute approximate surface area is 118 Å². The molecule has 1 heterocycles. The molecule has 0 aliphatic heterocycles. The van der Waals surface area contributed by atoms with Crippen LogP contribution in [0.4, 0.5) is 0 Å². The minimum atomic E-state index is -0.369. The molecule has 0 saturated heterocycles. The van der Waals surface area contributed by atoms with Gasteiger partial charge in [0.05, 0.1) is 5.52 Å². The zero-order valence-electron chi connectivity index (χ0n) is 12.4. The van der Waals surface area contributed by atoms with Crippen LogP contribution in [0.1, 0.15) is 38.1 Å². The smallest absolute Gasteiger partial charge is 0.257 e. The molecule has 0 unspecified atom stereocenters. The summed E-state index contributed by atoms with van der Waals surface area (Å²) in [5, 5.41) is 3.42. The van der Waals surface area contributed by atoms with Crippen LogP contribution in [0.2, 0.25) is 0 Å². The Morgan fingerprint density at radius 2 is 1.90 bits per heavy atom.